The number of nitrogens with zero attached hydrogens (tertiary/aromatic N) is 1. The minimum absolute atomic E-state index is 0.0465. The zero-order chi connectivity index (χ0) is 19.3. The highest BCUT2D eigenvalue weighted by Gasteiger charge is 2.19. The molecule has 0 radical (unpaired) electrons. The van der Waals surface area contributed by atoms with Crippen LogP contribution >= 0.6 is 23.2 Å². The van der Waals surface area contributed by atoms with Gasteiger partial charge >= 0.3 is 5.97 Å². The van der Waals surface area contributed by atoms with Gasteiger partial charge < -0.3 is 14.8 Å². The topological polar surface area (TPSA) is 108 Å². The SMILES string of the molecule is COc1ccc(Cl)cc1C(=O)OCC(=O)Nc1ccc(Cl)cc1[N+](=O)[O-]. The van der Waals surface area contributed by atoms with Crippen molar-refractivity contribution in [3.8, 4) is 5.75 Å². The first-order valence-electron chi connectivity index (χ1n) is 7.06. The lowest BCUT2D eigenvalue weighted by atomic mass is 10.2. The molecule has 2 aromatic carbocycles. The third-order valence-corrected chi connectivity index (χ3v) is 3.62. The summed E-state index contributed by atoms with van der Waals surface area (Å²) in [6.07, 6.45) is 0. The molecule has 0 bridgehead atoms. The van der Waals surface area contributed by atoms with Crippen molar-refractivity contribution in [3.63, 3.8) is 0 Å². The van der Waals surface area contributed by atoms with Crippen molar-refractivity contribution >= 4 is 46.5 Å². The quantitative estimate of drug-likeness (QED) is 0.451. The molecule has 2 rings (SSSR count). The molecule has 2 aromatic rings. The summed E-state index contributed by atoms with van der Waals surface area (Å²) in [6, 6.07) is 8.11. The van der Waals surface area contributed by atoms with Crippen LogP contribution in [0.5, 0.6) is 5.75 Å². The second kappa shape index (κ2) is 8.50. The van der Waals surface area contributed by atoms with Crippen molar-refractivity contribution in [1.29, 1.82) is 0 Å². The van der Waals surface area contributed by atoms with E-state index in [0.29, 0.717) is 5.02 Å². The lowest BCUT2D eigenvalue weighted by Gasteiger charge is -2.10. The number of carbonyl (C=O) groups excluding carboxylic acids is 2. The Morgan fingerprint density at radius 1 is 1.15 bits per heavy atom. The molecule has 10 heteroatoms. The number of nitro groups is 1. The molecule has 8 nitrogen and oxygen atoms in total. The summed E-state index contributed by atoms with van der Waals surface area (Å²) in [4.78, 5) is 34.3. The summed E-state index contributed by atoms with van der Waals surface area (Å²) < 4.78 is 9.93. The first-order chi connectivity index (χ1) is 12.3. The molecule has 0 saturated heterocycles. The van der Waals surface area contributed by atoms with Crippen LogP contribution in [-0.2, 0) is 9.53 Å². The Hall–Kier alpha value is -2.84. The Labute approximate surface area is 157 Å². The van der Waals surface area contributed by atoms with Crippen molar-refractivity contribution in [2.75, 3.05) is 19.0 Å². The van der Waals surface area contributed by atoms with Crippen molar-refractivity contribution in [2.45, 2.75) is 0 Å². The van der Waals surface area contributed by atoms with E-state index in [4.69, 9.17) is 32.7 Å². The van der Waals surface area contributed by atoms with Crippen molar-refractivity contribution in [3.05, 3.63) is 62.1 Å². The van der Waals surface area contributed by atoms with Gasteiger partial charge in [-0.05, 0) is 30.3 Å². The van der Waals surface area contributed by atoms with E-state index in [-0.39, 0.29) is 27.7 Å². The molecule has 0 unspecified atom stereocenters. The Morgan fingerprint density at radius 3 is 2.46 bits per heavy atom. The molecule has 0 fully saturated rings. The van der Waals surface area contributed by atoms with Gasteiger partial charge in [0.25, 0.3) is 11.6 Å². The molecular weight excluding hydrogens is 387 g/mol. The first-order valence-corrected chi connectivity index (χ1v) is 7.82. The van der Waals surface area contributed by atoms with Crippen molar-refractivity contribution in [1.82, 2.24) is 0 Å². The minimum Gasteiger partial charge on any atom is -0.496 e. The van der Waals surface area contributed by atoms with Crippen LogP contribution in [0.1, 0.15) is 10.4 Å². The number of hydrogen-bond acceptors (Lipinski definition) is 6. The van der Waals surface area contributed by atoms with E-state index in [1.807, 2.05) is 0 Å². The molecule has 0 aliphatic rings. The molecule has 0 aromatic heterocycles. The molecule has 1 N–H and O–H groups in total. The number of amides is 1. The number of nitrogens with one attached hydrogen (secondary N) is 1. The van der Waals surface area contributed by atoms with Gasteiger partial charge in [-0.1, -0.05) is 23.2 Å². The highest BCUT2D eigenvalue weighted by atomic mass is 35.5. The van der Waals surface area contributed by atoms with Crippen LogP contribution in [0.15, 0.2) is 36.4 Å². The van der Waals surface area contributed by atoms with Gasteiger partial charge in [-0.3, -0.25) is 14.9 Å². The second-order valence-electron chi connectivity index (χ2n) is 4.89. The summed E-state index contributed by atoms with van der Waals surface area (Å²) in [5, 5.41) is 13.7. The van der Waals surface area contributed by atoms with Gasteiger partial charge in [0.2, 0.25) is 0 Å². The van der Waals surface area contributed by atoms with Gasteiger partial charge in [0.1, 0.15) is 17.0 Å². The summed E-state index contributed by atoms with van der Waals surface area (Å²) in [7, 11) is 1.37. The zero-order valence-corrected chi connectivity index (χ0v) is 14.8. The third-order valence-electron chi connectivity index (χ3n) is 3.15. The number of carbonyl (C=O) groups is 2. The summed E-state index contributed by atoms with van der Waals surface area (Å²) in [6.45, 7) is -0.658. The molecule has 136 valence electrons. The van der Waals surface area contributed by atoms with E-state index in [0.717, 1.165) is 6.07 Å². The average Bonchev–Trinajstić information content (AvgIpc) is 2.61. The number of esters is 1. The lowest BCUT2D eigenvalue weighted by Crippen LogP contribution is -2.21. The summed E-state index contributed by atoms with van der Waals surface area (Å²) >= 11 is 11.5. The fourth-order valence-corrected chi connectivity index (χ4v) is 2.33. The van der Waals surface area contributed by atoms with E-state index >= 15 is 0 Å². The molecule has 0 aliphatic carbocycles. The predicted molar refractivity (Wildman–Crippen MR) is 95.0 cm³/mol. The Balaban J connectivity index is 2.05. The maximum absolute atomic E-state index is 12.1. The first kappa shape index (κ1) is 19.5. The zero-order valence-electron chi connectivity index (χ0n) is 13.3. The number of rotatable bonds is 6. The summed E-state index contributed by atoms with van der Waals surface area (Å²) in [5.74, 6) is -1.36. The maximum Gasteiger partial charge on any atom is 0.342 e. The molecule has 26 heavy (non-hydrogen) atoms. The van der Waals surface area contributed by atoms with Crippen LogP contribution in [-0.4, -0.2) is 30.5 Å². The van der Waals surface area contributed by atoms with Crippen LogP contribution in [0.2, 0.25) is 10.0 Å². The molecule has 0 saturated carbocycles. The Bertz CT molecular complexity index is 872. The molecule has 0 spiro atoms. The Morgan fingerprint density at radius 2 is 1.81 bits per heavy atom. The standard InChI is InChI=1S/C16H12Cl2N2O6/c1-25-14-5-3-9(17)6-11(14)16(22)26-8-15(21)19-12-4-2-10(18)7-13(12)20(23)24/h2-7H,8H2,1H3,(H,19,21). The number of hydrogen-bond donors (Lipinski definition) is 1. The van der Waals surface area contributed by atoms with Gasteiger partial charge in [0.15, 0.2) is 6.61 Å². The van der Waals surface area contributed by atoms with Crippen molar-refractivity contribution < 1.29 is 24.0 Å². The van der Waals surface area contributed by atoms with Crippen LogP contribution in [0.4, 0.5) is 11.4 Å². The molecular formula is C16H12Cl2N2O6. The van der Waals surface area contributed by atoms with Crippen LogP contribution in [0.25, 0.3) is 0 Å². The highest BCUT2D eigenvalue weighted by Crippen LogP contribution is 2.28. The lowest BCUT2D eigenvalue weighted by molar-refractivity contribution is -0.383. The number of anilines is 1. The number of methoxy groups -OCH3 is 1. The maximum atomic E-state index is 12.1. The Kier molecular flexibility index (Phi) is 6.37. The number of ether oxygens (including phenoxy) is 2. The third kappa shape index (κ3) is 4.84. The fraction of sp³-hybridized carbons (Fsp3) is 0.125. The number of nitro benzene ring substituents is 1. The molecule has 1 amide bonds. The number of halogens is 2. The molecule has 0 aliphatic heterocycles. The average molecular weight is 399 g/mol. The van der Waals surface area contributed by atoms with Crippen LogP contribution in [0, 0.1) is 10.1 Å². The van der Waals surface area contributed by atoms with E-state index < -0.39 is 23.4 Å². The monoisotopic (exact) mass is 398 g/mol. The smallest absolute Gasteiger partial charge is 0.342 e. The highest BCUT2D eigenvalue weighted by molar-refractivity contribution is 6.31. The van der Waals surface area contributed by atoms with Gasteiger partial charge in [-0.25, -0.2) is 4.79 Å². The van der Waals surface area contributed by atoms with Crippen LogP contribution < -0.4 is 10.1 Å². The van der Waals surface area contributed by atoms with Crippen molar-refractivity contribution in [2.24, 2.45) is 0 Å². The van der Waals surface area contributed by atoms with E-state index in [1.165, 1.54) is 37.4 Å². The normalized spacial score (nSPS) is 10.1. The molecule has 0 heterocycles. The molecule has 0 atom stereocenters. The van der Waals surface area contributed by atoms with Gasteiger partial charge in [-0.2, -0.15) is 0 Å². The fourth-order valence-electron chi connectivity index (χ4n) is 2.00. The van der Waals surface area contributed by atoms with Gasteiger partial charge in [0.05, 0.1) is 12.0 Å². The largest absolute Gasteiger partial charge is 0.496 e. The van der Waals surface area contributed by atoms with E-state index in [1.54, 1.807) is 0 Å². The minimum atomic E-state index is -0.829. The number of benzene rings is 2. The van der Waals surface area contributed by atoms with Crippen LogP contribution in [0.3, 0.4) is 0 Å². The second-order valence-corrected chi connectivity index (χ2v) is 5.76. The van der Waals surface area contributed by atoms with E-state index in [9.17, 15) is 19.7 Å². The van der Waals surface area contributed by atoms with Gasteiger partial charge in [-0.15, -0.1) is 0 Å². The summed E-state index contributed by atoms with van der Waals surface area (Å²) in [5.41, 5.74) is -0.403. The van der Waals surface area contributed by atoms with E-state index in [2.05, 4.69) is 5.32 Å². The van der Waals surface area contributed by atoms with Gasteiger partial charge in [0, 0.05) is 16.1 Å². The predicted octanol–water partition coefficient (Wildman–Crippen LogP) is 3.71.